The summed E-state index contributed by atoms with van der Waals surface area (Å²) in [5.41, 5.74) is 1.47. The summed E-state index contributed by atoms with van der Waals surface area (Å²) in [6.07, 6.45) is 0. The van der Waals surface area contributed by atoms with Gasteiger partial charge in [-0.1, -0.05) is 17.8 Å². The van der Waals surface area contributed by atoms with Gasteiger partial charge < -0.3 is 19.5 Å². The van der Waals surface area contributed by atoms with Gasteiger partial charge in [0.25, 0.3) is 0 Å². The Morgan fingerprint density at radius 2 is 1.97 bits per heavy atom. The van der Waals surface area contributed by atoms with Gasteiger partial charge in [-0.25, -0.2) is 4.79 Å². The van der Waals surface area contributed by atoms with Crippen molar-refractivity contribution in [3.05, 3.63) is 48.0 Å². The minimum Gasteiger partial charge on any atom is -0.497 e. The highest BCUT2D eigenvalue weighted by atomic mass is 32.2. The largest absolute Gasteiger partial charge is 0.497 e. The first-order valence-electron chi connectivity index (χ1n) is 9.26. The van der Waals surface area contributed by atoms with Crippen LogP contribution in [-0.4, -0.2) is 58.7 Å². The number of ether oxygens (including phenoxy) is 3. The predicted molar refractivity (Wildman–Crippen MR) is 114 cm³/mol. The average molecular weight is 443 g/mol. The zero-order valence-electron chi connectivity index (χ0n) is 17.2. The van der Waals surface area contributed by atoms with Gasteiger partial charge in [-0.05, 0) is 47.7 Å². The average Bonchev–Trinajstić information content (AvgIpc) is 3.26. The van der Waals surface area contributed by atoms with Crippen LogP contribution in [0.5, 0.6) is 11.5 Å². The number of nitrogens with zero attached hydrogens (tertiary/aromatic N) is 4. The molecule has 0 aliphatic rings. The van der Waals surface area contributed by atoms with Gasteiger partial charge in [0, 0.05) is 11.8 Å². The van der Waals surface area contributed by atoms with Gasteiger partial charge in [0.05, 0.1) is 32.1 Å². The number of thioether (sulfide) groups is 1. The molecule has 0 bridgehead atoms. The molecule has 0 unspecified atom stereocenters. The molecule has 0 aliphatic heterocycles. The molecule has 162 valence electrons. The summed E-state index contributed by atoms with van der Waals surface area (Å²) in [7, 11) is 3.10. The summed E-state index contributed by atoms with van der Waals surface area (Å²) in [5, 5.41) is 14.8. The summed E-state index contributed by atoms with van der Waals surface area (Å²) in [6, 6.07) is 11.8. The highest BCUT2D eigenvalue weighted by Gasteiger charge is 2.16. The van der Waals surface area contributed by atoms with E-state index in [9.17, 15) is 9.59 Å². The van der Waals surface area contributed by atoms with Crippen molar-refractivity contribution in [3.63, 3.8) is 0 Å². The third-order valence-electron chi connectivity index (χ3n) is 4.05. The van der Waals surface area contributed by atoms with Crippen LogP contribution >= 0.6 is 11.8 Å². The van der Waals surface area contributed by atoms with Gasteiger partial charge in [-0.2, -0.15) is 4.68 Å². The molecule has 1 heterocycles. The monoisotopic (exact) mass is 443 g/mol. The number of aromatic nitrogens is 4. The van der Waals surface area contributed by atoms with Crippen LogP contribution in [-0.2, 0) is 9.53 Å². The minimum absolute atomic E-state index is 0.0580. The fraction of sp³-hybridized carbons (Fsp3) is 0.250. The number of carbonyl (C=O) groups is 2. The first kappa shape index (κ1) is 22.1. The molecule has 0 radical (unpaired) electrons. The Morgan fingerprint density at radius 3 is 2.71 bits per heavy atom. The third-order valence-corrected chi connectivity index (χ3v) is 4.97. The van der Waals surface area contributed by atoms with Crippen molar-refractivity contribution in [1.29, 1.82) is 0 Å². The fourth-order valence-electron chi connectivity index (χ4n) is 2.65. The zero-order valence-corrected chi connectivity index (χ0v) is 18.0. The van der Waals surface area contributed by atoms with E-state index >= 15 is 0 Å². The van der Waals surface area contributed by atoms with E-state index in [1.807, 2.05) is 0 Å². The smallest absolute Gasteiger partial charge is 0.338 e. The molecule has 1 amide bonds. The van der Waals surface area contributed by atoms with Gasteiger partial charge in [0.1, 0.15) is 17.2 Å². The van der Waals surface area contributed by atoms with Crippen LogP contribution < -0.4 is 14.8 Å². The number of benzene rings is 2. The van der Waals surface area contributed by atoms with Crippen LogP contribution in [0.1, 0.15) is 17.3 Å². The molecule has 0 aliphatic carbocycles. The van der Waals surface area contributed by atoms with Crippen LogP contribution in [0.3, 0.4) is 0 Å². The number of tetrazole rings is 1. The van der Waals surface area contributed by atoms with Crippen molar-refractivity contribution < 1.29 is 23.8 Å². The fourth-order valence-corrected chi connectivity index (χ4v) is 3.33. The number of hydrogen-bond acceptors (Lipinski definition) is 9. The molecule has 0 saturated heterocycles. The van der Waals surface area contributed by atoms with E-state index in [0.29, 0.717) is 33.6 Å². The molecule has 0 fully saturated rings. The third kappa shape index (κ3) is 5.51. The zero-order chi connectivity index (χ0) is 22.2. The number of esters is 1. The summed E-state index contributed by atoms with van der Waals surface area (Å²) in [5.74, 6) is 0.492. The normalized spacial score (nSPS) is 10.4. The van der Waals surface area contributed by atoms with Crippen LogP contribution in [0.15, 0.2) is 47.6 Å². The van der Waals surface area contributed by atoms with Crippen LogP contribution in [0.4, 0.5) is 5.69 Å². The molecule has 2 aromatic carbocycles. The van der Waals surface area contributed by atoms with E-state index in [1.165, 1.54) is 11.8 Å². The summed E-state index contributed by atoms with van der Waals surface area (Å²) >= 11 is 1.16. The maximum absolute atomic E-state index is 12.4. The standard InChI is InChI=1S/C20H21N5O5S/c1-4-30-19(27)13-6-5-7-14(10-13)21-18(26)12-31-20-22-23-24-25(20)16-9-8-15(28-2)11-17(16)29-3/h5-11H,4,12H2,1-3H3,(H,21,26). The van der Waals surface area contributed by atoms with Crippen molar-refractivity contribution in [1.82, 2.24) is 20.2 Å². The van der Waals surface area contributed by atoms with Crippen LogP contribution in [0, 0.1) is 0 Å². The lowest BCUT2D eigenvalue weighted by molar-refractivity contribution is -0.113. The second kappa shape index (κ2) is 10.4. The lowest BCUT2D eigenvalue weighted by atomic mass is 10.2. The number of methoxy groups -OCH3 is 2. The molecule has 1 N–H and O–H groups in total. The van der Waals surface area contributed by atoms with Crippen molar-refractivity contribution in [2.75, 3.05) is 31.9 Å². The Morgan fingerprint density at radius 1 is 1.13 bits per heavy atom. The maximum Gasteiger partial charge on any atom is 0.338 e. The summed E-state index contributed by atoms with van der Waals surface area (Å²) < 4.78 is 17.1. The number of anilines is 1. The second-order valence-corrected chi connectivity index (χ2v) is 6.99. The molecule has 3 aromatic rings. The lowest BCUT2D eigenvalue weighted by Crippen LogP contribution is -2.15. The summed E-state index contributed by atoms with van der Waals surface area (Å²) in [4.78, 5) is 24.2. The van der Waals surface area contributed by atoms with E-state index in [-0.39, 0.29) is 18.3 Å². The first-order chi connectivity index (χ1) is 15.0. The Hall–Kier alpha value is -3.60. The van der Waals surface area contributed by atoms with Crippen molar-refractivity contribution >= 4 is 29.3 Å². The van der Waals surface area contributed by atoms with Gasteiger partial charge in [0.2, 0.25) is 11.1 Å². The Kier molecular flexibility index (Phi) is 7.44. The van der Waals surface area contributed by atoms with E-state index in [4.69, 9.17) is 14.2 Å². The van der Waals surface area contributed by atoms with Crippen molar-refractivity contribution in [3.8, 4) is 17.2 Å². The number of nitrogens with one attached hydrogen (secondary N) is 1. The highest BCUT2D eigenvalue weighted by Crippen LogP contribution is 2.29. The predicted octanol–water partition coefficient (Wildman–Crippen LogP) is 2.59. The van der Waals surface area contributed by atoms with Gasteiger partial charge in [-0.3, -0.25) is 4.79 Å². The Bertz CT molecular complexity index is 1070. The topological polar surface area (TPSA) is 117 Å². The van der Waals surface area contributed by atoms with E-state index in [1.54, 1.807) is 56.5 Å². The first-order valence-corrected chi connectivity index (χ1v) is 10.2. The van der Waals surface area contributed by atoms with E-state index < -0.39 is 5.97 Å². The van der Waals surface area contributed by atoms with Crippen LogP contribution in [0.2, 0.25) is 0 Å². The Labute approximate surface area is 182 Å². The maximum atomic E-state index is 12.4. The van der Waals surface area contributed by atoms with Gasteiger partial charge in [-0.15, -0.1) is 5.10 Å². The van der Waals surface area contributed by atoms with E-state index in [2.05, 4.69) is 20.8 Å². The number of carbonyl (C=O) groups excluding carboxylic acids is 2. The van der Waals surface area contributed by atoms with Crippen molar-refractivity contribution in [2.24, 2.45) is 0 Å². The molecular formula is C20H21N5O5S. The highest BCUT2D eigenvalue weighted by molar-refractivity contribution is 7.99. The SMILES string of the molecule is CCOC(=O)c1cccc(NC(=O)CSc2nnnn2-c2ccc(OC)cc2OC)c1. The van der Waals surface area contributed by atoms with Crippen LogP contribution in [0.25, 0.3) is 5.69 Å². The number of hydrogen-bond donors (Lipinski definition) is 1. The van der Waals surface area contributed by atoms with Gasteiger partial charge in [0.15, 0.2) is 0 Å². The molecule has 1 aromatic heterocycles. The number of rotatable bonds is 9. The molecule has 31 heavy (non-hydrogen) atoms. The molecular weight excluding hydrogens is 422 g/mol. The second-order valence-electron chi connectivity index (χ2n) is 6.05. The van der Waals surface area contributed by atoms with Gasteiger partial charge >= 0.3 is 5.97 Å². The molecule has 0 saturated carbocycles. The van der Waals surface area contributed by atoms with Crippen molar-refractivity contribution in [2.45, 2.75) is 12.1 Å². The molecule has 3 rings (SSSR count). The summed E-state index contributed by atoms with van der Waals surface area (Å²) in [6.45, 7) is 2.01. The van der Waals surface area contributed by atoms with E-state index in [0.717, 1.165) is 11.8 Å². The molecule has 11 heteroatoms. The number of amides is 1. The lowest BCUT2D eigenvalue weighted by Gasteiger charge is -2.11. The quantitative estimate of drug-likeness (QED) is 0.393. The Balaban J connectivity index is 1.67. The molecule has 10 nitrogen and oxygen atoms in total. The minimum atomic E-state index is -0.444. The molecule has 0 atom stereocenters. The molecule has 0 spiro atoms.